The fourth-order valence-corrected chi connectivity index (χ4v) is 21.6. The van der Waals surface area contributed by atoms with Gasteiger partial charge in [-0.15, -0.1) is 0 Å². The molecule has 0 aliphatic carbocycles. The lowest BCUT2D eigenvalue weighted by atomic mass is 9.95. The Morgan fingerprint density at radius 3 is 0.837 bits per heavy atom. The van der Waals surface area contributed by atoms with E-state index in [-0.39, 0.29) is 157 Å². The van der Waals surface area contributed by atoms with Gasteiger partial charge >= 0.3 is 0 Å². The van der Waals surface area contributed by atoms with E-state index in [4.69, 9.17) is 34.8 Å². The number of nitrogens with zero attached hydrogens (tertiary/aromatic N) is 15. The molecule has 12 heterocycles. The molecule has 3 saturated heterocycles. The Morgan fingerprint density at radius 2 is 0.624 bits per heavy atom. The van der Waals surface area contributed by atoms with E-state index in [2.05, 4.69) is 34.7 Å². The van der Waals surface area contributed by atoms with Crippen molar-refractivity contribution in [3.05, 3.63) is 262 Å². The number of benzene rings is 6. The predicted molar refractivity (Wildman–Crippen MR) is 536 cm³/mol. The van der Waals surface area contributed by atoms with Crippen LogP contribution in [-0.2, 0) is 48.0 Å². The number of amides is 6. The van der Waals surface area contributed by atoms with Crippen molar-refractivity contribution in [1.82, 2.24) is 43.4 Å². The van der Waals surface area contributed by atoms with Crippen LogP contribution in [-0.4, -0.2) is 191 Å². The van der Waals surface area contributed by atoms with Crippen molar-refractivity contribution in [1.29, 1.82) is 0 Å². The van der Waals surface area contributed by atoms with Crippen LogP contribution in [0, 0.1) is 34.9 Å². The molecule has 3 N–H and O–H groups in total. The number of pyridine rings is 6. The highest BCUT2D eigenvalue weighted by Crippen LogP contribution is 2.54. The maximum atomic E-state index is 17.4. The molecule has 732 valence electrons. The van der Waals surface area contributed by atoms with Crippen LogP contribution in [0.5, 0.6) is 17.2 Å². The lowest BCUT2D eigenvalue weighted by Gasteiger charge is -2.50. The second-order valence-electron chi connectivity index (χ2n) is 36.7. The fourth-order valence-electron chi connectivity index (χ4n) is 20.7. The number of aromatic hydroxyl groups is 3. The largest absolute Gasteiger partial charge is 0.507 e. The molecule has 3 fully saturated rings. The summed E-state index contributed by atoms with van der Waals surface area (Å²) in [5, 5.41) is 32.1. The average molecular weight is 1990 g/mol. The Balaban J connectivity index is 0.000000152. The minimum absolute atomic E-state index is 0.00650. The normalized spacial score (nSPS) is 17.7. The molecule has 6 aromatic carbocycles. The molecular formula is C105H102Cl3F6N15O12. The molecular weight excluding hydrogens is 1880 g/mol. The summed E-state index contributed by atoms with van der Waals surface area (Å²) < 4.78 is 102. The second-order valence-corrected chi connectivity index (χ2v) is 37.9. The fraction of sp³-hybridized carbons (Fsp3) is 0.314. The summed E-state index contributed by atoms with van der Waals surface area (Å²) in [6.07, 6.45) is 9.84. The molecule has 0 bridgehead atoms. The van der Waals surface area contributed by atoms with Gasteiger partial charge in [0.2, 0.25) is 17.7 Å². The van der Waals surface area contributed by atoms with Gasteiger partial charge in [0.05, 0.1) is 119 Å². The van der Waals surface area contributed by atoms with Gasteiger partial charge in [0, 0.05) is 110 Å². The van der Waals surface area contributed by atoms with Crippen molar-refractivity contribution < 1.29 is 70.4 Å². The van der Waals surface area contributed by atoms with Crippen LogP contribution in [0.15, 0.2) is 162 Å². The molecule has 0 spiro atoms. The number of aromatic nitrogens is 6. The highest BCUT2D eigenvalue weighted by atomic mass is 35.5. The molecule has 36 heteroatoms. The number of fused-ring (bicyclic) bond motifs is 15. The summed E-state index contributed by atoms with van der Waals surface area (Å²) in [6.45, 7) is 33.8. The maximum Gasteiger partial charge on any atom is 0.281 e. The summed E-state index contributed by atoms with van der Waals surface area (Å²) in [7, 11) is 4.43. The van der Waals surface area contributed by atoms with E-state index in [0.717, 1.165) is 18.2 Å². The SMILES string of the molecule is C=CC(=O)N1C[C@@H]2C(=O)N(C)c3c(c4cc(Cl)c(-c5c(O)cccc5F)c(F)c4n(-c4c(CC)ccnc4C(C)C)c3=O)N2C[C@H]1C.C=CC(=O)N1C[C@@H]2C(=O)N(C)c3c(c4cc(Cl)c(-c5c(O)cccc5F)c(F)c4n(-c4c(CC)ccnc4C(C)C)c3=O)N2C[C@H]1C.C=CC(=O)N1C[C@@H]2C(=O)N(C)c3c(c4cc(Cl)c(-c5c(O)cccc5F)c(F)c4n(-c4c(CC)ccnc4C(C)C)c3=O)N2C[C@H]1C. The smallest absolute Gasteiger partial charge is 0.281 e. The van der Waals surface area contributed by atoms with Gasteiger partial charge < -0.3 is 59.4 Å². The van der Waals surface area contributed by atoms with Crippen LogP contribution in [0.3, 0.4) is 0 Å². The molecule has 6 amide bonds. The number of piperazine rings is 3. The van der Waals surface area contributed by atoms with Crippen LogP contribution in [0.2, 0.25) is 15.1 Å². The van der Waals surface area contributed by atoms with Gasteiger partial charge in [-0.25, -0.2) is 26.3 Å². The first-order chi connectivity index (χ1) is 67.0. The third-order valence-corrected chi connectivity index (χ3v) is 28.4. The number of phenols is 3. The number of carbonyl (C=O) groups excluding carboxylic acids is 6. The standard InChI is InChI=1S/3C35H34ClF2N5O4/c3*1-7-19-12-13-39-29(17(3)4)30(19)43-31-20(14-21(36)26(28(31)38)27-22(37)10-9-11-24(27)44)32-33(35(43)47)40(6)34(46)23-16-41(25(45)8-2)18(5)15-42(23)32/h3*8-14,17-18,23,44H,2,7,15-16H2,1,3-6H3/t3*18-,23-/m111/s1. The molecule has 6 aromatic heterocycles. The van der Waals surface area contributed by atoms with Gasteiger partial charge in [0.25, 0.3) is 34.4 Å². The van der Waals surface area contributed by atoms with Gasteiger partial charge in [0.15, 0.2) is 17.5 Å². The van der Waals surface area contributed by atoms with Crippen molar-refractivity contribution in [2.24, 2.45) is 0 Å². The zero-order valence-corrected chi connectivity index (χ0v) is 82.2. The lowest BCUT2D eigenvalue weighted by molar-refractivity contribution is -0.132. The Bertz CT molecular complexity index is 6820. The highest BCUT2D eigenvalue weighted by molar-refractivity contribution is 6.36. The van der Waals surface area contributed by atoms with Gasteiger partial charge in [-0.1, -0.05) is 135 Å². The quantitative estimate of drug-likeness (QED) is 0.0634. The minimum Gasteiger partial charge on any atom is -0.507 e. The number of carbonyl (C=O) groups is 6. The van der Waals surface area contributed by atoms with Crippen LogP contribution in [0.1, 0.15) is 135 Å². The summed E-state index contributed by atoms with van der Waals surface area (Å²) in [5.74, 6) is -10.2. The monoisotopic (exact) mass is 1980 g/mol. The first-order valence-electron chi connectivity index (χ1n) is 46.1. The van der Waals surface area contributed by atoms with Crippen LogP contribution in [0.25, 0.3) is 83.2 Å². The molecule has 6 atom stereocenters. The molecule has 18 rings (SSSR count). The molecule has 0 unspecified atom stereocenters. The van der Waals surface area contributed by atoms with E-state index in [1.807, 2.05) is 83.1 Å². The van der Waals surface area contributed by atoms with E-state index in [9.17, 15) is 58.5 Å². The molecule has 0 radical (unpaired) electrons. The first-order valence-corrected chi connectivity index (χ1v) is 47.3. The minimum atomic E-state index is -1.03. The van der Waals surface area contributed by atoms with E-state index >= 15 is 26.3 Å². The number of rotatable bonds is 15. The van der Waals surface area contributed by atoms with Gasteiger partial charge in [0.1, 0.15) is 69.9 Å². The van der Waals surface area contributed by atoms with Crippen molar-refractivity contribution >= 4 is 137 Å². The summed E-state index contributed by atoms with van der Waals surface area (Å²) in [5.41, 5.74) is 0.254. The average Bonchev–Trinajstić information content (AvgIpc) is 0.704. The van der Waals surface area contributed by atoms with Gasteiger partial charge in [-0.3, -0.25) is 71.8 Å². The Kier molecular flexibility index (Phi) is 27.1. The number of hydrogen-bond donors (Lipinski definition) is 3. The second kappa shape index (κ2) is 38.4. The molecule has 27 nitrogen and oxygen atoms in total. The van der Waals surface area contributed by atoms with Crippen LogP contribution >= 0.6 is 34.8 Å². The summed E-state index contributed by atoms with van der Waals surface area (Å²) in [4.78, 5) is 152. The van der Waals surface area contributed by atoms with Gasteiger partial charge in [-0.2, -0.15) is 0 Å². The van der Waals surface area contributed by atoms with Crippen molar-refractivity contribution in [2.75, 3.05) is 89.8 Å². The lowest BCUT2D eigenvalue weighted by Crippen LogP contribution is -2.66. The van der Waals surface area contributed by atoms with Crippen LogP contribution < -0.4 is 46.1 Å². The third kappa shape index (κ3) is 16.1. The number of hydrogen-bond acceptors (Lipinski definition) is 18. The van der Waals surface area contributed by atoms with Crippen molar-refractivity contribution in [2.45, 2.75) is 156 Å². The third-order valence-electron chi connectivity index (χ3n) is 27.5. The van der Waals surface area contributed by atoms with E-state index in [1.54, 1.807) is 66.2 Å². The molecule has 0 saturated carbocycles. The molecule has 6 aliphatic rings. The molecule has 12 aromatic rings. The summed E-state index contributed by atoms with van der Waals surface area (Å²) >= 11 is 20.3. The number of phenolic OH excluding ortho intramolecular Hbond substituents is 3. The van der Waals surface area contributed by atoms with E-state index in [1.165, 1.54) is 122 Å². The number of anilines is 6. The van der Waals surface area contributed by atoms with Gasteiger partial charge in [-0.05, 0) is 166 Å². The molecule has 141 heavy (non-hydrogen) atoms. The summed E-state index contributed by atoms with van der Waals surface area (Å²) in [6, 6.07) is 16.5. The Hall–Kier alpha value is -14.3. The number of aryl methyl sites for hydroxylation is 3. The van der Waals surface area contributed by atoms with E-state index in [0.29, 0.717) is 70.1 Å². The highest BCUT2D eigenvalue weighted by Gasteiger charge is 2.52. The predicted octanol–water partition coefficient (Wildman–Crippen LogP) is 17.8. The Labute approximate surface area is 822 Å². The van der Waals surface area contributed by atoms with E-state index < -0.39 is 156 Å². The molecule has 6 aliphatic heterocycles. The number of halogens is 9. The maximum absolute atomic E-state index is 17.4. The zero-order valence-electron chi connectivity index (χ0n) is 79.9. The zero-order chi connectivity index (χ0) is 102. The Morgan fingerprint density at radius 1 is 0.383 bits per heavy atom. The topological polar surface area (TPSA) is 297 Å². The number of likely N-dealkylation sites (N-methyl/N-ethyl adjacent to an activating group) is 3. The van der Waals surface area contributed by atoms with Crippen molar-refractivity contribution in [3.8, 4) is 67.7 Å². The first kappa shape index (κ1) is 99.7. The van der Waals surface area contributed by atoms with Crippen LogP contribution in [0.4, 0.5) is 60.5 Å². The van der Waals surface area contributed by atoms with Crippen molar-refractivity contribution in [3.63, 3.8) is 0 Å².